The molecule has 4 nitrogen and oxygen atoms in total. The normalized spacial score (nSPS) is 11.6. The van der Waals surface area contributed by atoms with E-state index in [1.807, 2.05) is 36.7 Å². The van der Waals surface area contributed by atoms with Crippen LogP contribution in [0.3, 0.4) is 0 Å². The highest BCUT2D eigenvalue weighted by Crippen LogP contribution is 2.27. The van der Waals surface area contributed by atoms with Gasteiger partial charge in [0.05, 0.1) is 16.4 Å². The van der Waals surface area contributed by atoms with E-state index in [4.69, 9.17) is 0 Å². The molecule has 0 unspecified atom stereocenters. The molecule has 0 aliphatic carbocycles. The summed E-state index contributed by atoms with van der Waals surface area (Å²) in [5.74, 6) is 0. The van der Waals surface area contributed by atoms with Crippen molar-refractivity contribution in [3.8, 4) is 0 Å². The fraction of sp³-hybridized carbons (Fsp3) is 0. The van der Waals surface area contributed by atoms with Gasteiger partial charge in [-0.25, -0.2) is 0 Å². The lowest BCUT2D eigenvalue weighted by molar-refractivity contribution is 1.28. The average Bonchev–Trinajstić information content (AvgIpc) is 2.71. The quantitative estimate of drug-likeness (QED) is 0.492. The van der Waals surface area contributed by atoms with Crippen molar-refractivity contribution >= 4 is 32.6 Å². The van der Waals surface area contributed by atoms with Crippen molar-refractivity contribution in [2.45, 2.75) is 0 Å². The number of nitrogens with one attached hydrogen (secondary N) is 2. The predicted octanol–water partition coefficient (Wildman–Crippen LogP) is 2.56. The second-order valence-corrected chi connectivity index (χ2v) is 4.30. The van der Waals surface area contributed by atoms with Crippen molar-refractivity contribution in [3.05, 3.63) is 53.2 Å². The first kappa shape index (κ1) is 9.41. The maximum atomic E-state index is 12.1. The molecular weight excluding hydrogens is 226 g/mol. The number of fused-ring (bicyclic) bond motifs is 2. The van der Waals surface area contributed by atoms with Crippen molar-refractivity contribution in [1.82, 2.24) is 15.0 Å². The van der Waals surface area contributed by atoms with Gasteiger partial charge >= 0.3 is 0 Å². The van der Waals surface area contributed by atoms with Crippen molar-refractivity contribution in [1.29, 1.82) is 0 Å². The van der Waals surface area contributed by atoms with E-state index < -0.39 is 0 Å². The molecule has 1 aromatic carbocycles. The SMILES string of the molecule is O=c1[nH]ccc2ccc3cnc4cc[nH]c(c12)c34. The number of H-pyrrole nitrogens is 2. The molecule has 0 fully saturated rings. The Hall–Kier alpha value is -2.62. The average molecular weight is 235 g/mol. The van der Waals surface area contributed by atoms with E-state index in [0.29, 0.717) is 5.39 Å². The summed E-state index contributed by atoms with van der Waals surface area (Å²) < 4.78 is 0. The number of hydrogen-bond acceptors (Lipinski definition) is 2. The van der Waals surface area contributed by atoms with Crippen LogP contribution in [0.4, 0.5) is 0 Å². The summed E-state index contributed by atoms with van der Waals surface area (Å²) in [7, 11) is 0. The molecular formula is C14H9N3O. The molecule has 18 heavy (non-hydrogen) atoms. The largest absolute Gasteiger partial charge is 0.360 e. The molecule has 0 amide bonds. The molecule has 4 aromatic rings. The lowest BCUT2D eigenvalue weighted by Crippen LogP contribution is -2.04. The van der Waals surface area contributed by atoms with Gasteiger partial charge < -0.3 is 9.97 Å². The van der Waals surface area contributed by atoms with Gasteiger partial charge in [-0.3, -0.25) is 9.78 Å². The van der Waals surface area contributed by atoms with Crippen LogP contribution in [0.5, 0.6) is 0 Å². The zero-order chi connectivity index (χ0) is 12.1. The van der Waals surface area contributed by atoms with Gasteiger partial charge in [0.1, 0.15) is 0 Å². The molecule has 0 saturated heterocycles. The van der Waals surface area contributed by atoms with Gasteiger partial charge in [0.25, 0.3) is 5.56 Å². The predicted molar refractivity (Wildman–Crippen MR) is 71.7 cm³/mol. The zero-order valence-corrected chi connectivity index (χ0v) is 9.40. The van der Waals surface area contributed by atoms with E-state index in [0.717, 1.165) is 27.2 Å². The fourth-order valence-corrected chi connectivity index (χ4v) is 2.48. The van der Waals surface area contributed by atoms with E-state index in [1.165, 1.54) is 0 Å². The van der Waals surface area contributed by atoms with Crippen LogP contribution in [-0.2, 0) is 0 Å². The summed E-state index contributed by atoms with van der Waals surface area (Å²) in [5, 5.41) is 3.63. The molecule has 4 heteroatoms. The summed E-state index contributed by atoms with van der Waals surface area (Å²) in [6.45, 7) is 0. The standard InChI is InChI=1S/C14H9N3O/c18-14-12-8(3-5-16-14)1-2-9-7-17-10-4-6-15-13(12)11(9)10/h1-7,15H,(H,16,18). The van der Waals surface area contributed by atoms with Crippen LogP contribution >= 0.6 is 0 Å². The van der Waals surface area contributed by atoms with Crippen LogP contribution in [0.2, 0.25) is 0 Å². The summed E-state index contributed by atoms with van der Waals surface area (Å²) in [5.41, 5.74) is 1.65. The zero-order valence-electron chi connectivity index (χ0n) is 9.40. The molecule has 3 heterocycles. The van der Waals surface area contributed by atoms with Crippen LogP contribution in [0.25, 0.3) is 32.6 Å². The highest BCUT2D eigenvalue weighted by molar-refractivity contribution is 6.16. The molecule has 0 saturated carbocycles. The first-order valence-electron chi connectivity index (χ1n) is 5.71. The van der Waals surface area contributed by atoms with Crippen LogP contribution in [0.15, 0.2) is 47.7 Å². The number of pyridine rings is 2. The van der Waals surface area contributed by atoms with Gasteiger partial charge in [-0.15, -0.1) is 0 Å². The Morgan fingerprint density at radius 2 is 1.72 bits per heavy atom. The molecule has 0 radical (unpaired) electrons. The van der Waals surface area contributed by atoms with Gasteiger partial charge in [0, 0.05) is 29.4 Å². The van der Waals surface area contributed by atoms with E-state index in [1.54, 1.807) is 6.20 Å². The Kier molecular flexibility index (Phi) is 1.67. The smallest absolute Gasteiger partial charge is 0.257 e. The first-order chi connectivity index (χ1) is 8.84. The van der Waals surface area contributed by atoms with Gasteiger partial charge in [0.2, 0.25) is 0 Å². The summed E-state index contributed by atoms with van der Waals surface area (Å²) in [6, 6.07) is 7.77. The van der Waals surface area contributed by atoms with Gasteiger partial charge in [-0.2, -0.15) is 0 Å². The second-order valence-electron chi connectivity index (χ2n) is 4.30. The topological polar surface area (TPSA) is 61.5 Å². The number of aromatic nitrogens is 3. The Balaban J connectivity index is 2.52. The number of nitrogens with zero attached hydrogens (tertiary/aromatic N) is 1. The van der Waals surface area contributed by atoms with Gasteiger partial charge in [-0.1, -0.05) is 12.1 Å². The lowest BCUT2D eigenvalue weighted by Gasteiger charge is -1.97. The van der Waals surface area contributed by atoms with Crippen LogP contribution in [0.1, 0.15) is 0 Å². The third kappa shape index (κ3) is 1.09. The van der Waals surface area contributed by atoms with Crippen molar-refractivity contribution in [2.24, 2.45) is 0 Å². The molecule has 0 bridgehead atoms. The summed E-state index contributed by atoms with van der Waals surface area (Å²) in [4.78, 5) is 22.3. The van der Waals surface area contributed by atoms with E-state index >= 15 is 0 Å². The molecule has 0 atom stereocenters. The number of rotatable bonds is 0. The maximum Gasteiger partial charge on any atom is 0.257 e. The third-order valence-corrected chi connectivity index (χ3v) is 3.29. The molecule has 3 aromatic heterocycles. The van der Waals surface area contributed by atoms with Crippen molar-refractivity contribution in [3.63, 3.8) is 0 Å². The Bertz CT molecular complexity index is 949. The van der Waals surface area contributed by atoms with Gasteiger partial charge in [-0.05, 0) is 17.5 Å². The summed E-state index contributed by atoms with van der Waals surface area (Å²) >= 11 is 0. The van der Waals surface area contributed by atoms with Crippen molar-refractivity contribution < 1.29 is 0 Å². The third-order valence-electron chi connectivity index (χ3n) is 3.29. The second kappa shape index (κ2) is 3.20. The first-order valence-corrected chi connectivity index (χ1v) is 5.71. The minimum absolute atomic E-state index is 0.0880. The molecule has 4 rings (SSSR count). The monoisotopic (exact) mass is 235 g/mol. The summed E-state index contributed by atoms with van der Waals surface area (Å²) in [6.07, 6.45) is 5.31. The maximum absolute atomic E-state index is 12.1. The molecule has 0 aliphatic rings. The van der Waals surface area contributed by atoms with E-state index in [-0.39, 0.29) is 5.56 Å². The highest BCUT2D eigenvalue weighted by atomic mass is 16.1. The van der Waals surface area contributed by atoms with E-state index in [2.05, 4.69) is 15.0 Å². The Labute approximate surface area is 101 Å². The minimum atomic E-state index is -0.0880. The Morgan fingerprint density at radius 3 is 2.67 bits per heavy atom. The van der Waals surface area contributed by atoms with Crippen molar-refractivity contribution in [2.75, 3.05) is 0 Å². The molecule has 0 aliphatic heterocycles. The van der Waals surface area contributed by atoms with Crippen LogP contribution in [-0.4, -0.2) is 15.0 Å². The van der Waals surface area contributed by atoms with Gasteiger partial charge in [0.15, 0.2) is 0 Å². The van der Waals surface area contributed by atoms with Crippen LogP contribution in [0, 0.1) is 0 Å². The fourth-order valence-electron chi connectivity index (χ4n) is 2.48. The molecule has 0 spiro atoms. The Morgan fingerprint density at radius 1 is 0.889 bits per heavy atom. The molecule has 86 valence electrons. The highest BCUT2D eigenvalue weighted by Gasteiger charge is 2.08. The number of aromatic amines is 2. The lowest BCUT2D eigenvalue weighted by atomic mass is 10.2. The molecule has 2 N–H and O–H groups in total. The van der Waals surface area contributed by atoms with Crippen LogP contribution < -0.4 is 5.56 Å². The van der Waals surface area contributed by atoms with E-state index in [9.17, 15) is 4.79 Å². The number of hydrogen-bond donors (Lipinski definition) is 2. The minimum Gasteiger partial charge on any atom is -0.360 e.